The lowest BCUT2D eigenvalue weighted by molar-refractivity contribution is -0.110. The van der Waals surface area contributed by atoms with Crippen molar-refractivity contribution in [1.82, 2.24) is 0 Å². The van der Waals surface area contributed by atoms with Crippen LogP contribution in [0.15, 0.2) is 0 Å². The number of hydrogen-bond donors (Lipinski definition) is 0. The molecule has 8 heavy (non-hydrogen) atoms. The van der Waals surface area contributed by atoms with Crippen molar-refractivity contribution in [1.29, 1.82) is 5.26 Å². The molecule has 0 amide bonds. The smallest absolute Gasteiger partial charge is 0.122 e. The third-order valence-corrected chi connectivity index (χ3v) is 0.944. The molecule has 0 bridgehead atoms. The van der Waals surface area contributed by atoms with Gasteiger partial charge in [-0.05, 0) is 6.42 Å². The van der Waals surface area contributed by atoms with Gasteiger partial charge in [-0.25, -0.2) is 0 Å². The van der Waals surface area contributed by atoms with E-state index in [2.05, 4.69) is 0 Å². The lowest BCUT2D eigenvalue weighted by Crippen LogP contribution is -1.93. The summed E-state index contributed by atoms with van der Waals surface area (Å²) in [7, 11) is 0. The standard InChI is InChI=1S/C6H9NO/c1-6(5-8)3-2-4-7/h5-6H,2-3H2,1H3/t6-/m0/s1. The van der Waals surface area contributed by atoms with Crippen LogP contribution in [0, 0.1) is 17.2 Å². The Morgan fingerprint density at radius 1 is 1.88 bits per heavy atom. The maximum absolute atomic E-state index is 9.90. The number of aldehydes is 1. The minimum atomic E-state index is 0.0506. The third kappa shape index (κ3) is 3.35. The molecule has 0 aromatic carbocycles. The van der Waals surface area contributed by atoms with Crippen molar-refractivity contribution in [3.8, 4) is 6.07 Å². The summed E-state index contributed by atoms with van der Waals surface area (Å²) in [6.45, 7) is 1.81. The zero-order valence-corrected chi connectivity index (χ0v) is 4.92. The fraction of sp³-hybridized carbons (Fsp3) is 0.667. The lowest BCUT2D eigenvalue weighted by atomic mass is 10.1. The molecular formula is C6H9NO. The molecule has 0 saturated heterocycles. The van der Waals surface area contributed by atoms with E-state index in [4.69, 9.17) is 5.26 Å². The van der Waals surface area contributed by atoms with Crippen molar-refractivity contribution in [2.75, 3.05) is 0 Å². The monoisotopic (exact) mass is 111 g/mol. The van der Waals surface area contributed by atoms with Gasteiger partial charge >= 0.3 is 0 Å². The Bertz CT molecular complexity index is 104. The second-order valence-electron chi connectivity index (χ2n) is 1.81. The van der Waals surface area contributed by atoms with E-state index in [-0.39, 0.29) is 5.92 Å². The van der Waals surface area contributed by atoms with E-state index >= 15 is 0 Å². The number of nitriles is 1. The second kappa shape index (κ2) is 4.32. The molecule has 0 heterocycles. The highest BCUT2D eigenvalue weighted by atomic mass is 16.1. The summed E-state index contributed by atoms with van der Waals surface area (Å²) in [5.74, 6) is 0.0506. The van der Waals surface area contributed by atoms with Gasteiger partial charge in [-0.15, -0.1) is 0 Å². The summed E-state index contributed by atoms with van der Waals surface area (Å²) >= 11 is 0. The topological polar surface area (TPSA) is 40.9 Å². The SMILES string of the molecule is C[C@H](C=O)CCC#N. The van der Waals surface area contributed by atoms with Gasteiger partial charge in [0.2, 0.25) is 0 Å². The first-order chi connectivity index (χ1) is 3.81. The van der Waals surface area contributed by atoms with E-state index in [0.717, 1.165) is 6.29 Å². The van der Waals surface area contributed by atoms with Gasteiger partial charge in [0.25, 0.3) is 0 Å². The van der Waals surface area contributed by atoms with Gasteiger partial charge in [-0.2, -0.15) is 5.26 Å². The van der Waals surface area contributed by atoms with Crippen LogP contribution in [0.5, 0.6) is 0 Å². The Morgan fingerprint density at radius 3 is 2.88 bits per heavy atom. The van der Waals surface area contributed by atoms with Crippen LogP contribution in [-0.2, 0) is 4.79 Å². The van der Waals surface area contributed by atoms with Crippen molar-refractivity contribution in [3.05, 3.63) is 0 Å². The minimum Gasteiger partial charge on any atom is -0.303 e. The summed E-state index contributed by atoms with van der Waals surface area (Å²) in [6, 6.07) is 1.97. The molecule has 0 spiro atoms. The molecular weight excluding hydrogens is 102 g/mol. The molecule has 1 atom stereocenters. The predicted molar refractivity (Wildman–Crippen MR) is 30.1 cm³/mol. The number of nitrogens with zero attached hydrogens (tertiary/aromatic N) is 1. The summed E-state index contributed by atoms with van der Waals surface area (Å²) < 4.78 is 0. The summed E-state index contributed by atoms with van der Waals surface area (Å²) in [5.41, 5.74) is 0. The predicted octanol–water partition coefficient (Wildman–Crippen LogP) is 1.13. The normalized spacial score (nSPS) is 12.0. The van der Waals surface area contributed by atoms with Crippen LogP contribution in [0.3, 0.4) is 0 Å². The van der Waals surface area contributed by atoms with Gasteiger partial charge in [0, 0.05) is 12.3 Å². The number of rotatable bonds is 3. The zero-order chi connectivity index (χ0) is 6.41. The molecule has 0 fully saturated rings. The molecule has 2 nitrogen and oxygen atoms in total. The number of hydrogen-bond acceptors (Lipinski definition) is 2. The average Bonchev–Trinajstić information content (AvgIpc) is 1.83. The second-order valence-corrected chi connectivity index (χ2v) is 1.81. The van der Waals surface area contributed by atoms with Gasteiger partial charge in [0.15, 0.2) is 0 Å². The highest BCUT2D eigenvalue weighted by molar-refractivity contribution is 5.52. The molecule has 0 saturated carbocycles. The highest BCUT2D eigenvalue weighted by Crippen LogP contribution is 1.98. The van der Waals surface area contributed by atoms with Gasteiger partial charge < -0.3 is 4.79 Å². The minimum absolute atomic E-state index is 0.0506. The van der Waals surface area contributed by atoms with Gasteiger partial charge in [-0.3, -0.25) is 0 Å². The molecule has 0 aliphatic heterocycles. The molecule has 0 aliphatic carbocycles. The van der Waals surface area contributed by atoms with E-state index in [1.54, 1.807) is 0 Å². The molecule has 2 heteroatoms. The summed E-state index contributed by atoms with van der Waals surface area (Å²) in [4.78, 5) is 9.90. The summed E-state index contributed by atoms with van der Waals surface area (Å²) in [6.07, 6.45) is 2.05. The molecule has 0 unspecified atom stereocenters. The van der Waals surface area contributed by atoms with Crippen molar-refractivity contribution in [2.24, 2.45) is 5.92 Å². The fourth-order valence-electron chi connectivity index (χ4n) is 0.360. The van der Waals surface area contributed by atoms with Crippen LogP contribution >= 0.6 is 0 Å². The first kappa shape index (κ1) is 7.16. The molecule has 0 aromatic heterocycles. The van der Waals surface area contributed by atoms with Crippen molar-refractivity contribution < 1.29 is 4.79 Å². The highest BCUT2D eigenvalue weighted by Gasteiger charge is 1.95. The van der Waals surface area contributed by atoms with Crippen LogP contribution in [-0.4, -0.2) is 6.29 Å². The van der Waals surface area contributed by atoms with Crippen molar-refractivity contribution in [3.63, 3.8) is 0 Å². The van der Waals surface area contributed by atoms with E-state index < -0.39 is 0 Å². The Hall–Kier alpha value is -0.840. The maximum atomic E-state index is 9.90. The Morgan fingerprint density at radius 2 is 2.50 bits per heavy atom. The molecule has 0 aliphatic rings. The fourth-order valence-corrected chi connectivity index (χ4v) is 0.360. The Labute approximate surface area is 49.1 Å². The quantitative estimate of drug-likeness (QED) is 0.512. The Balaban J connectivity index is 3.13. The lowest BCUT2D eigenvalue weighted by Gasteiger charge is -1.93. The molecule has 0 N–H and O–H groups in total. The average molecular weight is 111 g/mol. The zero-order valence-electron chi connectivity index (χ0n) is 4.92. The van der Waals surface area contributed by atoms with Crippen molar-refractivity contribution in [2.45, 2.75) is 19.8 Å². The Kier molecular flexibility index (Phi) is 3.87. The largest absolute Gasteiger partial charge is 0.303 e. The van der Waals surface area contributed by atoms with Crippen LogP contribution in [0.4, 0.5) is 0 Å². The molecule has 0 radical (unpaired) electrons. The maximum Gasteiger partial charge on any atom is 0.122 e. The van der Waals surface area contributed by atoms with E-state index in [0.29, 0.717) is 12.8 Å². The summed E-state index contributed by atoms with van der Waals surface area (Å²) in [5, 5.41) is 8.04. The first-order valence-corrected chi connectivity index (χ1v) is 2.63. The van der Waals surface area contributed by atoms with Gasteiger partial charge in [-0.1, -0.05) is 6.92 Å². The van der Waals surface area contributed by atoms with E-state index in [1.165, 1.54) is 0 Å². The number of carbonyl (C=O) groups is 1. The van der Waals surface area contributed by atoms with Crippen molar-refractivity contribution >= 4 is 6.29 Å². The number of carbonyl (C=O) groups excluding carboxylic acids is 1. The first-order valence-electron chi connectivity index (χ1n) is 2.63. The van der Waals surface area contributed by atoms with E-state index in [1.807, 2.05) is 13.0 Å². The third-order valence-electron chi connectivity index (χ3n) is 0.944. The van der Waals surface area contributed by atoms with Gasteiger partial charge in [0.05, 0.1) is 6.07 Å². The van der Waals surface area contributed by atoms with Crippen LogP contribution in [0.1, 0.15) is 19.8 Å². The van der Waals surface area contributed by atoms with E-state index in [9.17, 15) is 4.79 Å². The molecule has 0 rings (SSSR count). The molecule has 0 aromatic rings. The van der Waals surface area contributed by atoms with Crippen LogP contribution < -0.4 is 0 Å². The van der Waals surface area contributed by atoms with Crippen LogP contribution in [0.25, 0.3) is 0 Å². The van der Waals surface area contributed by atoms with Crippen LogP contribution in [0.2, 0.25) is 0 Å². The molecule has 44 valence electrons. The van der Waals surface area contributed by atoms with Gasteiger partial charge in [0.1, 0.15) is 6.29 Å².